The van der Waals surface area contributed by atoms with Crippen molar-refractivity contribution in [1.29, 1.82) is 5.26 Å². The lowest BCUT2D eigenvalue weighted by molar-refractivity contribution is -0.141. The number of hydrogen-bond donors (Lipinski definition) is 1. The maximum Gasteiger partial charge on any atom is 0.435 e. The number of aromatic nitrogens is 2. The molecular formula is C20H21F3N4OS. The van der Waals surface area contributed by atoms with Gasteiger partial charge < -0.3 is 5.32 Å². The van der Waals surface area contributed by atoms with Gasteiger partial charge in [0.2, 0.25) is 5.91 Å². The first-order valence-electron chi connectivity index (χ1n) is 9.78. The number of nitriles is 1. The second-order valence-electron chi connectivity index (χ2n) is 7.83. The Balaban J connectivity index is 1.51. The summed E-state index contributed by atoms with van der Waals surface area (Å²) in [4.78, 5) is 13.9. The summed E-state index contributed by atoms with van der Waals surface area (Å²) in [5, 5.41) is 16.6. The van der Waals surface area contributed by atoms with Crippen molar-refractivity contribution in [3.05, 3.63) is 33.5 Å². The van der Waals surface area contributed by atoms with E-state index in [9.17, 15) is 23.2 Å². The number of fused-ring (bicyclic) bond motifs is 1. The molecule has 1 N–H and O–H groups in total. The third-order valence-electron chi connectivity index (χ3n) is 5.51. The van der Waals surface area contributed by atoms with Gasteiger partial charge >= 0.3 is 6.18 Å². The van der Waals surface area contributed by atoms with Crippen LogP contribution in [0.1, 0.15) is 65.9 Å². The molecule has 0 bridgehead atoms. The van der Waals surface area contributed by atoms with Crippen LogP contribution < -0.4 is 5.32 Å². The first-order chi connectivity index (χ1) is 13.8. The van der Waals surface area contributed by atoms with Crippen LogP contribution in [0.3, 0.4) is 0 Å². The molecule has 9 heteroatoms. The molecule has 2 aromatic rings. The zero-order chi connectivity index (χ0) is 20.8. The van der Waals surface area contributed by atoms with Crippen LogP contribution in [0.2, 0.25) is 0 Å². The van der Waals surface area contributed by atoms with Crippen LogP contribution in [0.15, 0.2) is 6.07 Å². The molecule has 1 fully saturated rings. The number of thiophene rings is 1. The van der Waals surface area contributed by atoms with Gasteiger partial charge in [0.1, 0.15) is 11.1 Å². The average Bonchev–Trinajstić information content (AvgIpc) is 3.32. The molecule has 1 unspecified atom stereocenters. The van der Waals surface area contributed by atoms with Crippen molar-refractivity contribution < 1.29 is 18.0 Å². The quantitative estimate of drug-likeness (QED) is 0.748. The van der Waals surface area contributed by atoms with Crippen molar-refractivity contribution >= 4 is 22.2 Å². The predicted molar refractivity (Wildman–Crippen MR) is 103 cm³/mol. The van der Waals surface area contributed by atoms with Gasteiger partial charge in [-0.05, 0) is 50.2 Å². The fourth-order valence-electron chi connectivity index (χ4n) is 3.77. The van der Waals surface area contributed by atoms with E-state index in [0.29, 0.717) is 16.3 Å². The Morgan fingerprint density at radius 2 is 2.14 bits per heavy atom. The Kier molecular flexibility index (Phi) is 5.15. The molecule has 0 aliphatic heterocycles. The molecule has 0 saturated heterocycles. The molecule has 1 saturated carbocycles. The normalized spacial score (nSPS) is 17.5. The average molecular weight is 422 g/mol. The van der Waals surface area contributed by atoms with E-state index in [2.05, 4.69) is 16.5 Å². The molecule has 5 nitrogen and oxygen atoms in total. The van der Waals surface area contributed by atoms with Gasteiger partial charge in [0.05, 0.1) is 18.0 Å². The van der Waals surface area contributed by atoms with Crippen molar-refractivity contribution in [2.45, 2.75) is 64.1 Å². The number of alkyl halides is 3. The molecule has 4 rings (SSSR count). The van der Waals surface area contributed by atoms with E-state index in [0.717, 1.165) is 55.0 Å². The third kappa shape index (κ3) is 4.04. The van der Waals surface area contributed by atoms with Crippen molar-refractivity contribution in [2.75, 3.05) is 5.32 Å². The summed E-state index contributed by atoms with van der Waals surface area (Å²) >= 11 is 1.44. The molecule has 2 heterocycles. The number of carbonyl (C=O) groups excluding carboxylic acids is 1. The predicted octanol–water partition coefficient (Wildman–Crippen LogP) is 4.87. The van der Waals surface area contributed by atoms with Crippen LogP contribution in [-0.2, 0) is 30.4 Å². The second kappa shape index (κ2) is 7.48. The number of aryl methyl sites for hydroxylation is 1. The van der Waals surface area contributed by atoms with Crippen molar-refractivity contribution in [3.63, 3.8) is 0 Å². The number of carbonyl (C=O) groups is 1. The fourth-order valence-corrected chi connectivity index (χ4v) is 5.02. The van der Waals surface area contributed by atoms with Gasteiger partial charge in [0.25, 0.3) is 0 Å². The lowest BCUT2D eigenvalue weighted by Gasteiger charge is -2.14. The Morgan fingerprint density at radius 3 is 2.79 bits per heavy atom. The van der Waals surface area contributed by atoms with Crippen LogP contribution in [0.4, 0.5) is 18.2 Å². The highest BCUT2D eigenvalue weighted by atomic mass is 32.1. The zero-order valence-corrected chi connectivity index (χ0v) is 16.8. The SMILES string of the molecule is CC(Cn1nc(C(F)(F)F)cc1C1CC1)C(=O)Nc1sc2c(c1C#N)CCCC2. The van der Waals surface area contributed by atoms with Crippen LogP contribution in [0.5, 0.6) is 0 Å². The number of nitrogens with one attached hydrogen (secondary N) is 1. The first-order valence-corrected chi connectivity index (χ1v) is 10.6. The lowest BCUT2D eigenvalue weighted by Crippen LogP contribution is -2.25. The molecule has 29 heavy (non-hydrogen) atoms. The Bertz CT molecular complexity index is 981. The minimum atomic E-state index is -4.50. The summed E-state index contributed by atoms with van der Waals surface area (Å²) < 4.78 is 40.5. The van der Waals surface area contributed by atoms with E-state index in [1.807, 2.05) is 0 Å². The largest absolute Gasteiger partial charge is 0.435 e. The molecule has 2 aliphatic carbocycles. The highest BCUT2D eigenvalue weighted by Crippen LogP contribution is 2.42. The number of amides is 1. The number of hydrogen-bond acceptors (Lipinski definition) is 4. The molecule has 0 spiro atoms. The van der Waals surface area contributed by atoms with E-state index in [-0.39, 0.29) is 18.4 Å². The molecular weight excluding hydrogens is 401 g/mol. The molecule has 2 aromatic heterocycles. The molecule has 1 atom stereocenters. The van der Waals surface area contributed by atoms with Gasteiger partial charge in [-0.15, -0.1) is 11.3 Å². The summed E-state index contributed by atoms with van der Waals surface area (Å²) in [5.74, 6) is -0.812. The fraction of sp³-hybridized carbons (Fsp3) is 0.550. The molecule has 2 aliphatic rings. The van der Waals surface area contributed by atoms with Crippen molar-refractivity contribution in [3.8, 4) is 6.07 Å². The monoisotopic (exact) mass is 422 g/mol. The summed E-state index contributed by atoms with van der Waals surface area (Å²) in [6.07, 6.45) is 1.06. The van der Waals surface area contributed by atoms with E-state index in [1.165, 1.54) is 16.0 Å². The van der Waals surface area contributed by atoms with Crippen LogP contribution in [0, 0.1) is 17.2 Å². The second-order valence-corrected chi connectivity index (χ2v) is 8.93. The Hall–Kier alpha value is -2.34. The van der Waals surface area contributed by atoms with E-state index in [4.69, 9.17) is 0 Å². The van der Waals surface area contributed by atoms with E-state index < -0.39 is 17.8 Å². The summed E-state index contributed by atoms with van der Waals surface area (Å²) in [5.41, 5.74) is 1.19. The zero-order valence-electron chi connectivity index (χ0n) is 16.0. The van der Waals surface area contributed by atoms with Gasteiger partial charge in [-0.2, -0.15) is 23.5 Å². The van der Waals surface area contributed by atoms with Gasteiger partial charge in [-0.3, -0.25) is 9.48 Å². The minimum absolute atomic E-state index is 0.0702. The third-order valence-corrected chi connectivity index (χ3v) is 6.72. The smallest absolute Gasteiger partial charge is 0.316 e. The van der Waals surface area contributed by atoms with Crippen LogP contribution >= 0.6 is 11.3 Å². The Labute approximate surface area is 170 Å². The van der Waals surface area contributed by atoms with Gasteiger partial charge in [0.15, 0.2) is 5.69 Å². The maximum absolute atomic E-state index is 13.1. The number of halogens is 3. The number of nitrogens with zero attached hydrogens (tertiary/aromatic N) is 3. The van der Waals surface area contributed by atoms with Crippen LogP contribution in [0.25, 0.3) is 0 Å². The van der Waals surface area contributed by atoms with Crippen molar-refractivity contribution in [2.24, 2.45) is 5.92 Å². The first kappa shape index (κ1) is 20.0. The number of rotatable bonds is 5. The summed E-state index contributed by atoms with van der Waals surface area (Å²) in [6, 6.07) is 3.30. The minimum Gasteiger partial charge on any atom is -0.316 e. The van der Waals surface area contributed by atoms with Crippen LogP contribution in [-0.4, -0.2) is 15.7 Å². The summed E-state index contributed by atoms with van der Waals surface area (Å²) in [6.45, 7) is 1.74. The maximum atomic E-state index is 13.1. The molecule has 0 aromatic carbocycles. The van der Waals surface area contributed by atoms with Crippen molar-refractivity contribution in [1.82, 2.24) is 9.78 Å². The molecule has 154 valence electrons. The van der Waals surface area contributed by atoms with E-state index >= 15 is 0 Å². The highest BCUT2D eigenvalue weighted by Gasteiger charge is 2.38. The molecule has 0 radical (unpaired) electrons. The van der Waals surface area contributed by atoms with Gasteiger partial charge in [-0.1, -0.05) is 6.92 Å². The standard InChI is InChI=1S/C20H21F3N4OS/c1-11(10-27-15(12-6-7-12)8-17(26-27)20(21,22)23)18(28)25-19-14(9-24)13-4-2-3-5-16(13)29-19/h8,11-12H,2-7,10H2,1H3,(H,25,28). The molecule has 1 amide bonds. The summed E-state index contributed by atoms with van der Waals surface area (Å²) in [7, 11) is 0. The van der Waals surface area contributed by atoms with E-state index in [1.54, 1.807) is 6.92 Å². The Morgan fingerprint density at radius 1 is 1.41 bits per heavy atom. The number of anilines is 1. The van der Waals surface area contributed by atoms with Gasteiger partial charge in [0, 0.05) is 16.5 Å². The van der Waals surface area contributed by atoms with Gasteiger partial charge in [-0.25, -0.2) is 0 Å². The topological polar surface area (TPSA) is 70.7 Å². The highest BCUT2D eigenvalue weighted by molar-refractivity contribution is 7.16. The lowest BCUT2D eigenvalue weighted by atomic mass is 9.96.